The zero-order valence-electron chi connectivity index (χ0n) is 23.1. The van der Waals surface area contributed by atoms with Crippen molar-refractivity contribution in [1.82, 2.24) is 4.90 Å². The molecule has 2 amide bonds. The molecule has 214 valence electrons. The summed E-state index contributed by atoms with van der Waals surface area (Å²) in [6.07, 6.45) is 2.94. The number of methoxy groups -OCH3 is 2. The maximum atomic E-state index is 13.3. The molecule has 0 aliphatic carbocycles. The first-order chi connectivity index (χ1) is 19.7. The monoisotopic (exact) mass is 576 g/mol. The number of sulfonamides is 1. The Morgan fingerprint density at radius 1 is 0.976 bits per heavy atom. The first-order valence-corrected chi connectivity index (χ1v) is 15.0. The molecular formula is C30H32N4O6S. The van der Waals surface area contributed by atoms with Crippen LogP contribution in [0.15, 0.2) is 66.7 Å². The number of fused-ring (bicyclic) bond motifs is 1. The molecule has 0 aromatic heterocycles. The van der Waals surface area contributed by atoms with Crippen LogP contribution in [0.2, 0.25) is 0 Å². The van der Waals surface area contributed by atoms with E-state index in [1.165, 1.54) is 14.2 Å². The lowest BCUT2D eigenvalue weighted by atomic mass is 9.99. The number of ether oxygens (including phenoxy) is 2. The predicted molar refractivity (Wildman–Crippen MR) is 160 cm³/mol. The second-order valence-corrected chi connectivity index (χ2v) is 11.8. The van der Waals surface area contributed by atoms with E-state index in [2.05, 4.69) is 10.6 Å². The van der Waals surface area contributed by atoms with Crippen LogP contribution in [-0.4, -0.2) is 65.2 Å². The summed E-state index contributed by atoms with van der Waals surface area (Å²) in [5.41, 5.74) is 4.01. The second-order valence-electron chi connectivity index (χ2n) is 9.85. The number of nitrogens with zero attached hydrogens (tertiary/aromatic N) is 2. The number of carbonyl (C=O) groups is 2. The Bertz CT molecular complexity index is 1600. The third kappa shape index (κ3) is 5.85. The van der Waals surface area contributed by atoms with Crippen LogP contribution in [0.5, 0.6) is 11.5 Å². The SMILES string of the molecule is COc1cc2c(cc1OC)C(=C(Nc1ccc(N(CC(=O)N3CCCC3)S(C)(=O)=O)cc1)c1ccccc1)C(=O)N2. The van der Waals surface area contributed by atoms with E-state index in [1.54, 1.807) is 41.3 Å². The molecule has 0 radical (unpaired) electrons. The Kier molecular flexibility index (Phi) is 7.89. The van der Waals surface area contributed by atoms with Gasteiger partial charge in [-0.1, -0.05) is 30.3 Å². The lowest BCUT2D eigenvalue weighted by molar-refractivity contribution is -0.128. The summed E-state index contributed by atoms with van der Waals surface area (Å²) in [4.78, 5) is 27.8. The third-order valence-electron chi connectivity index (χ3n) is 7.14. The van der Waals surface area contributed by atoms with Crippen LogP contribution in [-0.2, 0) is 19.6 Å². The highest BCUT2D eigenvalue weighted by Crippen LogP contribution is 2.43. The minimum absolute atomic E-state index is 0.218. The zero-order valence-corrected chi connectivity index (χ0v) is 24.0. The lowest BCUT2D eigenvalue weighted by Crippen LogP contribution is -2.41. The van der Waals surface area contributed by atoms with Gasteiger partial charge in [0, 0.05) is 30.4 Å². The molecular weight excluding hydrogens is 544 g/mol. The molecule has 2 N–H and O–H groups in total. The summed E-state index contributed by atoms with van der Waals surface area (Å²) in [5, 5.41) is 6.28. The Morgan fingerprint density at radius 2 is 1.61 bits per heavy atom. The zero-order chi connectivity index (χ0) is 29.1. The Labute approximate surface area is 239 Å². The van der Waals surface area contributed by atoms with Crippen molar-refractivity contribution in [3.8, 4) is 11.5 Å². The molecule has 1 saturated heterocycles. The Balaban J connectivity index is 1.51. The van der Waals surface area contributed by atoms with E-state index >= 15 is 0 Å². The van der Waals surface area contributed by atoms with Gasteiger partial charge in [0.2, 0.25) is 15.9 Å². The standard InChI is InChI=1S/C30H32N4O6S/c1-39-25-17-23-24(18-26(25)40-2)32-30(36)28(23)29(20-9-5-4-6-10-20)31-21-11-13-22(14-12-21)34(41(3,37)38)19-27(35)33-15-7-8-16-33/h4-6,9-14,17-18,31H,7-8,15-16,19H2,1-3H3,(H,32,36). The number of carbonyl (C=O) groups excluding carboxylic acids is 2. The quantitative estimate of drug-likeness (QED) is 0.370. The van der Waals surface area contributed by atoms with Crippen molar-refractivity contribution in [2.45, 2.75) is 12.8 Å². The summed E-state index contributed by atoms with van der Waals surface area (Å²) >= 11 is 0. The normalized spacial score (nSPS) is 15.7. The smallest absolute Gasteiger partial charge is 0.258 e. The van der Waals surface area contributed by atoms with Gasteiger partial charge >= 0.3 is 0 Å². The van der Waals surface area contributed by atoms with Crippen molar-refractivity contribution < 1.29 is 27.5 Å². The highest BCUT2D eigenvalue weighted by molar-refractivity contribution is 7.92. The van der Waals surface area contributed by atoms with Gasteiger partial charge in [-0.2, -0.15) is 0 Å². The van der Waals surface area contributed by atoms with Gasteiger partial charge in [0.25, 0.3) is 5.91 Å². The van der Waals surface area contributed by atoms with E-state index in [4.69, 9.17) is 9.47 Å². The minimum atomic E-state index is -3.71. The number of rotatable bonds is 9. The number of anilines is 3. The number of likely N-dealkylation sites (tertiary alicyclic amines) is 1. The summed E-state index contributed by atoms with van der Waals surface area (Å²) in [7, 11) is -0.637. The first-order valence-electron chi connectivity index (χ1n) is 13.2. The van der Waals surface area contributed by atoms with Gasteiger partial charge in [-0.15, -0.1) is 0 Å². The Hall–Kier alpha value is -4.51. The average Bonchev–Trinajstić information content (AvgIpc) is 3.62. The molecule has 1 fully saturated rings. The number of hydrogen-bond donors (Lipinski definition) is 2. The fourth-order valence-corrected chi connectivity index (χ4v) is 5.92. The molecule has 11 heteroatoms. The van der Waals surface area contributed by atoms with Crippen LogP contribution in [0.1, 0.15) is 24.0 Å². The Morgan fingerprint density at radius 3 is 2.22 bits per heavy atom. The molecule has 0 saturated carbocycles. The van der Waals surface area contributed by atoms with E-state index in [1.807, 2.05) is 30.3 Å². The predicted octanol–water partition coefficient (Wildman–Crippen LogP) is 4.02. The van der Waals surface area contributed by atoms with Gasteiger partial charge in [-0.25, -0.2) is 8.42 Å². The van der Waals surface area contributed by atoms with Crippen LogP contribution in [0.25, 0.3) is 11.3 Å². The van der Waals surface area contributed by atoms with E-state index in [-0.39, 0.29) is 18.4 Å². The van der Waals surface area contributed by atoms with Crippen LogP contribution in [0.4, 0.5) is 17.1 Å². The molecule has 5 rings (SSSR count). The largest absolute Gasteiger partial charge is 0.493 e. The molecule has 0 spiro atoms. The van der Waals surface area contributed by atoms with Gasteiger partial charge in [-0.05, 0) is 48.7 Å². The average molecular weight is 577 g/mol. The van der Waals surface area contributed by atoms with Crippen molar-refractivity contribution >= 4 is 50.2 Å². The summed E-state index contributed by atoms with van der Waals surface area (Å²) in [6, 6.07) is 19.6. The molecule has 41 heavy (non-hydrogen) atoms. The molecule has 2 aliphatic heterocycles. The van der Waals surface area contributed by atoms with Crippen LogP contribution >= 0.6 is 0 Å². The summed E-state index contributed by atoms with van der Waals surface area (Å²) < 4.78 is 37.3. The van der Waals surface area contributed by atoms with Crippen molar-refractivity contribution in [2.24, 2.45) is 0 Å². The van der Waals surface area contributed by atoms with Crippen LogP contribution in [0, 0.1) is 0 Å². The van der Waals surface area contributed by atoms with Crippen molar-refractivity contribution in [2.75, 3.05) is 55.0 Å². The minimum Gasteiger partial charge on any atom is -0.493 e. The lowest BCUT2D eigenvalue weighted by Gasteiger charge is -2.25. The maximum Gasteiger partial charge on any atom is 0.258 e. The molecule has 3 aromatic rings. The van der Waals surface area contributed by atoms with E-state index in [0.717, 1.165) is 29.0 Å². The number of amides is 2. The van der Waals surface area contributed by atoms with Gasteiger partial charge in [0.05, 0.1) is 43.1 Å². The molecule has 2 aliphatic rings. The summed E-state index contributed by atoms with van der Waals surface area (Å²) in [6.45, 7) is 1.03. The molecule has 3 aromatic carbocycles. The number of benzene rings is 3. The van der Waals surface area contributed by atoms with Crippen molar-refractivity contribution in [3.63, 3.8) is 0 Å². The molecule has 0 unspecified atom stereocenters. The number of nitrogens with one attached hydrogen (secondary N) is 2. The van der Waals surface area contributed by atoms with E-state index in [0.29, 0.717) is 58.5 Å². The molecule has 10 nitrogen and oxygen atoms in total. The van der Waals surface area contributed by atoms with Crippen LogP contribution in [0.3, 0.4) is 0 Å². The van der Waals surface area contributed by atoms with Gasteiger partial charge in [-0.3, -0.25) is 13.9 Å². The van der Waals surface area contributed by atoms with Gasteiger partial charge in [0.15, 0.2) is 11.5 Å². The fourth-order valence-electron chi connectivity index (χ4n) is 5.07. The van der Waals surface area contributed by atoms with Gasteiger partial charge < -0.3 is 25.0 Å². The van der Waals surface area contributed by atoms with Gasteiger partial charge in [0.1, 0.15) is 6.54 Å². The van der Waals surface area contributed by atoms with E-state index in [9.17, 15) is 18.0 Å². The highest BCUT2D eigenvalue weighted by Gasteiger charge is 2.31. The molecule has 0 atom stereocenters. The maximum absolute atomic E-state index is 13.3. The first kappa shape index (κ1) is 28.0. The second kappa shape index (κ2) is 11.5. The van der Waals surface area contributed by atoms with E-state index < -0.39 is 10.0 Å². The summed E-state index contributed by atoms with van der Waals surface area (Å²) in [5.74, 6) is 0.476. The molecule has 0 bridgehead atoms. The number of hydrogen-bond acceptors (Lipinski definition) is 7. The fraction of sp³-hybridized carbons (Fsp3) is 0.267. The van der Waals surface area contributed by atoms with Crippen molar-refractivity contribution in [1.29, 1.82) is 0 Å². The highest BCUT2D eigenvalue weighted by atomic mass is 32.2. The topological polar surface area (TPSA) is 117 Å². The molecule has 2 heterocycles. The van der Waals surface area contributed by atoms with Crippen molar-refractivity contribution in [3.05, 3.63) is 77.9 Å². The van der Waals surface area contributed by atoms with Crippen LogP contribution < -0.4 is 24.4 Å². The third-order valence-corrected chi connectivity index (χ3v) is 8.28.